The molecule has 3 nitrogen and oxygen atoms in total. The molecule has 0 amide bonds. The standard InChI is InChI=1S/C16H19BrN2O/c1-3-8-19-11-14(5-7-16(19)20)18-10-13-4-6-15(17)12(2)9-13/h4-7,9,11,18H,3,8,10H2,1-2H3. The van der Waals surface area contributed by atoms with Crippen LogP contribution in [0.4, 0.5) is 5.69 Å². The zero-order chi connectivity index (χ0) is 14.5. The van der Waals surface area contributed by atoms with E-state index in [1.165, 1.54) is 11.1 Å². The van der Waals surface area contributed by atoms with Gasteiger partial charge < -0.3 is 9.88 Å². The van der Waals surface area contributed by atoms with Crippen molar-refractivity contribution in [2.24, 2.45) is 0 Å². The average Bonchev–Trinajstić information content (AvgIpc) is 2.43. The molecule has 2 aromatic rings. The summed E-state index contributed by atoms with van der Waals surface area (Å²) in [6, 6.07) is 9.75. The molecule has 0 unspecified atom stereocenters. The van der Waals surface area contributed by atoms with Crippen LogP contribution in [0.5, 0.6) is 0 Å². The second kappa shape index (κ2) is 6.75. The van der Waals surface area contributed by atoms with Crippen molar-refractivity contribution < 1.29 is 0 Å². The highest BCUT2D eigenvalue weighted by molar-refractivity contribution is 9.10. The summed E-state index contributed by atoms with van der Waals surface area (Å²) >= 11 is 3.50. The van der Waals surface area contributed by atoms with Crippen molar-refractivity contribution in [2.45, 2.75) is 33.4 Å². The zero-order valence-corrected chi connectivity index (χ0v) is 13.4. The molecule has 1 aromatic carbocycles. The Morgan fingerprint density at radius 3 is 2.75 bits per heavy atom. The highest BCUT2D eigenvalue weighted by atomic mass is 79.9. The number of nitrogens with zero attached hydrogens (tertiary/aromatic N) is 1. The zero-order valence-electron chi connectivity index (χ0n) is 11.8. The Kier molecular flexibility index (Phi) is 5.01. The predicted octanol–water partition coefficient (Wildman–Crippen LogP) is 3.94. The van der Waals surface area contributed by atoms with Crippen LogP contribution >= 0.6 is 15.9 Å². The fraction of sp³-hybridized carbons (Fsp3) is 0.312. The lowest BCUT2D eigenvalue weighted by molar-refractivity contribution is 0.655. The maximum absolute atomic E-state index is 11.6. The summed E-state index contributed by atoms with van der Waals surface area (Å²) < 4.78 is 2.87. The number of aryl methyl sites for hydroxylation is 2. The molecule has 0 spiro atoms. The molecule has 0 fully saturated rings. The van der Waals surface area contributed by atoms with Crippen LogP contribution in [-0.2, 0) is 13.1 Å². The van der Waals surface area contributed by atoms with Crippen molar-refractivity contribution in [2.75, 3.05) is 5.32 Å². The first-order valence-corrected chi connectivity index (χ1v) is 7.59. The molecule has 1 aromatic heterocycles. The summed E-state index contributed by atoms with van der Waals surface area (Å²) in [6.07, 6.45) is 2.84. The van der Waals surface area contributed by atoms with Crippen molar-refractivity contribution in [1.29, 1.82) is 0 Å². The smallest absolute Gasteiger partial charge is 0.250 e. The molecule has 0 atom stereocenters. The molecule has 1 N–H and O–H groups in total. The Morgan fingerprint density at radius 1 is 1.25 bits per heavy atom. The molecular weight excluding hydrogens is 316 g/mol. The van der Waals surface area contributed by atoms with Crippen LogP contribution in [0.2, 0.25) is 0 Å². The van der Waals surface area contributed by atoms with Gasteiger partial charge in [0.25, 0.3) is 5.56 Å². The van der Waals surface area contributed by atoms with Crippen molar-refractivity contribution in [1.82, 2.24) is 4.57 Å². The van der Waals surface area contributed by atoms with Crippen molar-refractivity contribution in [3.8, 4) is 0 Å². The van der Waals surface area contributed by atoms with Crippen molar-refractivity contribution >= 4 is 21.6 Å². The Hall–Kier alpha value is -1.55. The van der Waals surface area contributed by atoms with E-state index in [0.717, 1.165) is 29.7 Å². The van der Waals surface area contributed by atoms with Gasteiger partial charge in [-0.1, -0.05) is 35.0 Å². The van der Waals surface area contributed by atoms with E-state index in [0.29, 0.717) is 0 Å². The lowest BCUT2D eigenvalue weighted by Gasteiger charge is -2.10. The van der Waals surface area contributed by atoms with Gasteiger partial charge in [-0.2, -0.15) is 0 Å². The van der Waals surface area contributed by atoms with E-state index in [1.807, 2.05) is 12.3 Å². The van der Waals surface area contributed by atoms with Gasteiger partial charge in [-0.05, 0) is 36.6 Å². The van der Waals surface area contributed by atoms with Gasteiger partial charge >= 0.3 is 0 Å². The molecule has 0 radical (unpaired) electrons. The monoisotopic (exact) mass is 334 g/mol. The number of benzene rings is 1. The van der Waals surface area contributed by atoms with Crippen LogP contribution in [-0.4, -0.2) is 4.57 Å². The highest BCUT2D eigenvalue weighted by Gasteiger charge is 2.00. The third-order valence-corrected chi connectivity index (χ3v) is 4.06. The molecule has 2 rings (SSSR count). The van der Waals surface area contributed by atoms with Gasteiger partial charge in [0.1, 0.15) is 0 Å². The van der Waals surface area contributed by atoms with Crippen molar-refractivity contribution in [3.05, 3.63) is 62.5 Å². The first kappa shape index (κ1) is 14.9. The number of hydrogen-bond donors (Lipinski definition) is 1. The highest BCUT2D eigenvalue weighted by Crippen LogP contribution is 2.17. The van der Waals surface area contributed by atoms with Gasteiger partial charge in [-0.3, -0.25) is 4.79 Å². The topological polar surface area (TPSA) is 34.0 Å². The van der Waals surface area contributed by atoms with Crippen LogP contribution in [0.1, 0.15) is 24.5 Å². The number of rotatable bonds is 5. The molecule has 0 aliphatic rings. The Balaban J connectivity index is 2.08. The summed E-state index contributed by atoms with van der Waals surface area (Å²) in [7, 11) is 0. The number of pyridine rings is 1. The van der Waals surface area contributed by atoms with E-state index in [9.17, 15) is 4.79 Å². The van der Waals surface area contributed by atoms with Gasteiger partial charge in [0.05, 0.1) is 5.69 Å². The first-order valence-electron chi connectivity index (χ1n) is 6.79. The van der Waals surface area contributed by atoms with E-state index >= 15 is 0 Å². The van der Waals surface area contributed by atoms with Gasteiger partial charge in [-0.25, -0.2) is 0 Å². The normalized spacial score (nSPS) is 10.6. The second-order valence-corrected chi connectivity index (χ2v) is 5.74. The molecule has 0 saturated heterocycles. The Bertz CT molecular complexity index is 649. The Labute approximate surface area is 127 Å². The number of nitrogens with one attached hydrogen (secondary N) is 1. The van der Waals surface area contributed by atoms with Gasteiger partial charge in [-0.15, -0.1) is 0 Å². The largest absolute Gasteiger partial charge is 0.380 e. The first-order chi connectivity index (χ1) is 9.60. The second-order valence-electron chi connectivity index (χ2n) is 4.89. The molecule has 0 bridgehead atoms. The number of halogens is 1. The number of anilines is 1. The molecule has 0 saturated carbocycles. The molecule has 0 aliphatic carbocycles. The minimum atomic E-state index is 0.0527. The summed E-state index contributed by atoms with van der Waals surface area (Å²) in [5.74, 6) is 0. The molecule has 1 heterocycles. The van der Waals surface area contributed by atoms with Gasteiger partial charge in [0, 0.05) is 29.8 Å². The minimum Gasteiger partial charge on any atom is -0.380 e. The van der Waals surface area contributed by atoms with E-state index in [-0.39, 0.29) is 5.56 Å². The third-order valence-electron chi connectivity index (χ3n) is 3.17. The lowest BCUT2D eigenvalue weighted by Crippen LogP contribution is -2.18. The van der Waals surface area contributed by atoms with E-state index in [1.54, 1.807) is 10.6 Å². The number of aromatic nitrogens is 1. The van der Waals surface area contributed by atoms with Crippen LogP contribution in [0.3, 0.4) is 0 Å². The summed E-state index contributed by atoms with van der Waals surface area (Å²) in [5, 5.41) is 3.36. The summed E-state index contributed by atoms with van der Waals surface area (Å²) in [4.78, 5) is 11.6. The minimum absolute atomic E-state index is 0.0527. The molecule has 0 aliphatic heterocycles. The van der Waals surface area contributed by atoms with Crippen molar-refractivity contribution in [3.63, 3.8) is 0 Å². The van der Waals surface area contributed by atoms with Crippen LogP contribution < -0.4 is 10.9 Å². The fourth-order valence-corrected chi connectivity index (χ4v) is 2.32. The molecular formula is C16H19BrN2O. The fourth-order valence-electron chi connectivity index (χ4n) is 2.07. The summed E-state index contributed by atoms with van der Waals surface area (Å²) in [5.41, 5.74) is 3.47. The molecule has 20 heavy (non-hydrogen) atoms. The van der Waals surface area contributed by atoms with E-state index in [4.69, 9.17) is 0 Å². The van der Waals surface area contributed by atoms with Crippen LogP contribution in [0.25, 0.3) is 0 Å². The predicted molar refractivity (Wildman–Crippen MR) is 87.2 cm³/mol. The van der Waals surface area contributed by atoms with E-state index < -0.39 is 0 Å². The quantitative estimate of drug-likeness (QED) is 0.898. The summed E-state index contributed by atoms with van der Waals surface area (Å²) in [6.45, 7) is 5.65. The molecule has 106 valence electrons. The van der Waals surface area contributed by atoms with Crippen LogP contribution in [0, 0.1) is 6.92 Å². The van der Waals surface area contributed by atoms with E-state index in [2.05, 4.69) is 53.3 Å². The lowest BCUT2D eigenvalue weighted by atomic mass is 10.1. The average molecular weight is 335 g/mol. The maximum atomic E-state index is 11.6. The molecule has 4 heteroatoms. The van der Waals surface area contributed by atoms with Crippen LogP contribution in [0.15, 0.2) is 45.8 Å². The van der Waals surface area contributed by atoms with Gasteiger partial charge in [0.15, 0.2) is 0 Å². The van der Waals surface area contributed by atoms with Gasteiger partial charge in [0.2, 0.25) is 0 Å². The third kappa shape index (κ3) is 3.73. The Morgan fingerprint density at radius 2 is 2.05 bits per heavy atom. The SMILES string of the molecule is CCCn1cc(NCc2ccc(Br)c(C)c2)ccc1=O. The number of hydrogen-bond acceptors (Lipinski definition) is 2. The maximum Gasteiger partial charge on any atom is 0.250 e.